The molecule has 4 rings (SSSR count). The molecule has 0 unspecified atom stereocenters. The first kappa shape index (κ1) is 23.8. The Labute approximate surface area is 203 Å². The standard InChI is InChI=1S/C26H29ClN4O3/c1-3-30-25(33)23(18(2)31(26(30)34)22-7-5-4-6-8-22)29-15-13-20(14-16-29)24(32)28-17-19-9-11-21(27)12-10-19/h4-12,20H,3,13-17H2,1-2H3,(H,28,32). The number of aromatic nitrogens is 2. The van der Waals surface area contributed by atoms with Gasteiger partial charge in [0.1, 0.15) is 5.69 Å². The third-order valence-corrected chi connectivity index (χ3v) is 6.69. The number of carbonyl (C=O) groups excluding carboxylic acids is 1. The SMILES string of the molecule is CCn1c(=O)c(N2CCC(C(=O)NCc3ccc(Cl)cc3)CC2)c(C)n(-c2ccccc2)c1=O. The number of carbonyl (C=O) groups is 1. The van der Waals surface area contributed by atoms with E-state index in [9.17, 15) is 14.4 Å². The zero-order chi connectivity index (χ0) is 24.2. The average molecular weight is 481 g/mol. The largest absolute Gasteiger partial charge is 0.366 e. The molecule has 1 aromatic heterocycles. The fourth-order valence-electron chi connectivity index (χ4n) is 4.56. The molecule has 1 aliphatic rings. The van der Waals surface area contributed by atoms with Gasteiger partial charge in [-0.05, 0) is 56.5 Å². The number of hydrogen-bond donors (Lipinski definition) is 1. The van der Waals surface area contributed by atoms with Gasteiger partial charge in [-0.2, -0.15) is 0 Å². The molecule has 2 heterocycles. The van der Waals surface area contributed by atoms with Gasteiger partial charge < -0.3 is 10.2 Å². The van der Waals surface area contributed by atoms with Crippen LogP contribution in [0.2, 0.25) is 5.02 Å². The fourth-order valence-corrected chi connectivity index (χ4v) is 4.69. The number of nitrogens with zero attached hydrogens (tertiary/aromatic N) is 3. The molecule has 8 heteroatoms. The van der Waals surface area contributed by atoms with Gasteiger partial charge in [0.2, 0.25) is 5.91 Å². The topological polar surface area (TPSA) is 76.3 Å². The maximum Gasteiger partial charge on any atom is 0.335 e. The highest BCUT2D eigenvalue weighted by Gasteiger charge is 2.28. The third kappa shape index (κ3) is 4.80. The van der Waals surface area contributed by atoms with Crippen LogP contribution in [0.5, 0.6) is 0 Å². The van der Waals surface area contributed by atoms with E-state index in [-0.39, 0.29) is 23.1 Å². The van der Waals surface area contributed by atoms with Crippen molar-refractivity contribution < 1.29 is 4.79 Å². The highest BCUT2D eigenvalue weighted by molar-refractivity contribution is 6.30. The molecule has 1 fully saturated rings. The summed E-state index contributed by atoms with van der Waals surface area (Å²) in [6.45, 7) is 5.52. The molecule has 3 aromatic rings. The second-order valence-corrected chi connectivity index (χ2v) is 8.98. The second kappa shape index (κ2) is 10.3. The number of amides is 1. The van der Waals surface area contributed by atoms with Crippen molar-refractivity contribution in [1.29, 1.82) is 0 Å². The smallest absolute Gasteiger partial charge is 0.335 e. The van der Waals surface area contributed by atoms with Gasteiger partial charge in [-0.3, -0.25) is 18.7 Å². The van der Waals surface area contributed by atoms with Crippen molar-refractivity contribution in [3.05, 3.63) is 91.7 Å². The van der Waals surface area contributed by atoms with E-state index in [4.69, 9.17) is 11.6 Å². The van der Waals surface area contributed by atoms with Crippen LogP contribution in [0, 0.1) is 12.8 Å². The van der Waals surface area contributed by atoms with Crippen LogP contribution in [-0.4, -0.2) is 28.1 Å². The van der Waals surface area contributed by atoms with Gasteiger partial charge in [-0.25, -0.2) is 4.79 Å². The number of anilines is 1. The van der Waals surface area contributed by atoms with Crippen LogP contribution in [0.4, 0.5) is 5.69 Å². The van der Waals surface area contributed by atoms with Gasteiger partial charge >= 0.3 is 5.69 Å². The van der Waals surface area contributed by atoms with Crippen LogP contribution in [0.3, 0.4) is 0 Å². The Balaban J connectivity index is 1.52. The molecule has 0 radical (unpaired) electrons. The predicted molar refractivity (Wildman–Crippen MR) is 135 cm³/mol. The molecule has 1 N–H and O–H groups in total. The van der Waals surface area contributed by atoms with Gasteiger partial charge in [0.25, 0.3) is 5.56 Å². The van der Waals surface area contributed by atoms with E-state index in [2.05, 4.69) is 5.32 Å². The predicted octanol–water partition coefficient (Wildman–Crippen LogP) is 3.51. The molecule has 1 saturated heterocycles. The Morgan fingerprint density at radius 1 is 1.03 bits per heavy atom. The molecule has 178 valence electrons. The van der Waals surface area contributed by atoms with Gasteiger partial charge in [0, 0.05) is 37.1 Å². The van der Waals surface area contributed by atoms with Gasteiger partial charge in [-0.15, -0.1) is 0 Å². The minimum atomic E-state index is -0.337. The lowest BCUT2D eigenvalue weighted by molar-refractivity contribution is -0.125. The Morgan fingerprint density at radius 3 is 2.29 bits per heavy atom. The average Bonchev–Trinajstić information content (AvgIpc) is 2.85. The number of rotatable bonds is 6. The monoisotopic (exact) mass is 480 g/mol. The first-order chi connectivity index (χ1) is 16.4. The van der Waals surface area contributed by atoms with Crippen LogP contribution in [0.1, 0.15) is 31.0 Å². The van der Waals surface area contributed by atoms with E-state index in [1.807, 2.05) is 66.4 Å². The normalized spacial score (nSPS) is 14.3. The summed E-state index contributed by atoms with van der Waals surface area (Å²) in [7, 11) is 0. The fraction of sp³-hybridized carbons (Fsp3) is 0.346. The van der Waals surface area contributed by atoms with Crippen LogP contribution in [-0.2, 0) is 17.9 Å². The molecule has 0 atom stereocenters. The first-order valence-electron chi connectivity index (χ1n) is 11.6. The first-order valence-corrected chi connectivity index (χ1v) is 12.0. The van der Waals surface area contributed by atoms with E-state index in [1.54, 1.807) is 11.5 Å². The highest BCUT2D eigenvalue weighted by Crippen LogP contribution is 2.24. The lowest BCUT2D eigenvalue weighted by Gasteiger charge is -2.34. The Morgan fingerprint density at radius 2 is 1.68 bits per heavy atom. The number of nitrogens with one attached hydrogen (secondary N) is 1. The van der Waals surface area contributed by atoms with E-state index in [0.717, 1.165) is 11.3 Å². The minimum absolute atomic E-state index is 0.0200. The Hall–Kier alpha value is -3.32. The molecule has 0 spiro atoms. The third-order valence-electron chi connectivity index (χ3n) is 6.44. The number of benzene rings is 2. The lowest BCUT2D eigenvalue weighted by Crippen LogP contribution is -2.47. The summed E-state index contributed by atoms with van der Waals surface area (Å²) >= 11 is 5.92. The van der Waals surface area contributed by atoms with E-state index >= 15 is 0 Å². The summed E-state index contributed by atoms with van der Waals surface area (Å²) in [4.78, 5) is 41.1. The molecular formula is C26H29ClN4O3. The molecular weight excluding hydrogens is 452 g/mol. The van der Waals surface area contributed by atoms with Crippen LogP contribution < -0.4 is 21.5 Å². The minimum Gasteiger partial charge on any atom is -0.366 e. The van der Waals surface area contributed by atoms with Crippen molar-refractivity contribution in [3.63, 3.8) is 0 Å². The number of hydrogen-bond acceptors (Lipinski definition) is 4. The van der Waals surface area contributed by atoms with Gasteiger partial charge in [0.05, 0.1) is 11.4 Å². The summed E-state index contributed by atoms with van der Waals surface area (Å²) in [5.41, 5.74) is 2.26. The maximum atomic E-state index is 13.2. The molecule has 34 heavy (non-hydrogen) atoms. The maximum absolute atomic E-state index is 13.2. The zero-order valence-corrected chi connectivity index (χ0v) is 20.2. The number of para-hydroxylation sites is 1. The molecule has 0 saturated carbocycles. The van der Waals surface area contributed by atoms with E-state index in [1.165, 1.54) is 4.57 Å². The van der Waals surface area contributed by atoms with Crippen LogP contribution >= 0.6 is 11.6 Å². The lowest BCUT2D eigenvalue weighted by atomic mass is 9.95. The number of halogens is 1. The Bertz CT molecular complexity index is 1270. The molecule has 7 nitrogen and oxygen atoms in total. The van der Waals surface area contributed by atoms with Gasteiger partial charge in [-0.1, -0.05) is 41.9 Å². The zero-order valence-electron chi connectivity index (χ0n) is 19.5. The molecule has 0 bridgehead atoms. The summed E-state index contributed by atoms with van der Waals surface area (Å²) < 4.78 is 2.88. The van der Waals surface area contributed by atoms with Crippen molar-refractivity contribution in [2.24, 2.45) is 5.92 Å². The van der Waals surface area contributed by atoms with E-state index < -0.39 is 0 Å². The summed E-state index contributed by atoms with van der Waals surface area (Å²) in [6.07, 6.45) is 1.28. The molecule has 0 aliphatic carbocycles. The van der Waals surface area contributed by atoms with Crippen LogP contribution in [0.15, 0.2) is 64.2 Å². The van der Waals surface area contributed by atoms with E-state index in [0.29, 0.717) is 55.4 Å². The van der Waals surface area contributed by atoms with Crippen LogP contribution in [0.25, 0.3) is 5.69 Å². The summed E-state index contributed by atoms with van der Waals surface area (Å²) in [5, 5.41) is 3.68. The highest BCUT2D eigenvalue weighted by atomic mass is 35.5. The van der Waals surface area contributed by atoms with Gasteiger partial charge in [0.15, 0.2) is 0 Å². The van der Waals surface area contributed by atoms with Crippen molar-refractivity contribution in [1.82, 2.24) is 14.5 Å². The van der Waals surface area contributed by atoms with Crippen molar-refractivity contribution in [2.75, 3.05) is 18.0 Å². The second-order valence-electron chi connectivity index (χ2n) is 8.54. The van der Waals surface area contributed by atoms with Crippen molar-refractivity contribution >= 4 is 23.2 Å². The summed E-state index contributed by atoms with van der Waals surface area (Å²) in [6, 6.07) is 16.8. The number of piperidine rings is 1. The summed E-state index contributed by atoms with van der Waals surface area (Å²) in [5.74, 6) is -0.0937. The Kier molecular flexibility index (Phi) is 7.22. The molecule has 1 aliphatic heterocycles. The molecule has 1 amide bonds. The van der Waals surface area contributed by atoms with Crippen molar-refractivity contribution in [3.8, 4) is 5.69 Å². The van der Waals surface area contributed by atoms with Crippen molar-refractivity contribution in [2.45, 2.75) is 39.8 Å². The molecule has 2 aromatic carbocycles. The quantitative estimate of drug-likeness (QED) is 0.585.